The monoisotopic (exact) mass is 337 g/mol. The zero-order valence-corrected chi connectivity index (χ0v) is 14.8. The molecule has 0 radical (unpaired) electrons. The zero-order chi connectivity index (χ0) is 17.5. The van der Waals surface area contributed by atoms with Crippen LogP contribution in [0.3, 0.4) is 0 Å². The molecule has 0 bridgehead atoms. The summed E-state index contributed by atoms with van der Waals surface area (Å²) in [6.07, 6.45) is 20.8. The molecule has 25 heavy (non-hydrogen) atoms. The Hall–Kier alpha value is -2.56. The summed E-state index contributed by atoms with van der Waals surface area (Å²) in [4.78, 5) is 0. The third kappa shape index (κ3) is 4.50. The van der Waals surface area contributed by atoms with Gasteiger partial charge in [0.05, 0.1) is 24.1 Å². The van der Waals surface area contributed by atoms with E-state index in [0.717, 1.165) is 17.0 Å². The molecule has 0 amide bonds. The summed E-state index contributed by atoms with van der Waals surface area (Å²) < 4.78 is 0. The first kappa shape index (κ1) is 17.3. The Morgan fingerprint density at radius 2 is 2.00 bits per heavy atom. The number of nitrogens with zero attached hydrogens (tertiary/aromatic N) is 2. The molecule has 1 saturated carbocycles. The van der Waals surface area contributed by atoms with Crippen LogP contribution in [0.15, 0.2) is 37.3 Å². The third-order valence-electron chi connectivity index (χ3n) is 4.87. The third-order valence-corrected chi connectivity index (χ3v) is 4.87. The average molecular weight is 337 g/mol. The quantitative estimate of drug-likeness (QED) is 0.651. The van der Waals surface area contributed by atoms with Crippen molar-refractivity contribution in [2.45, 2.75) is 45.1 Å². The molecule has 5 nitrogen and oxygen atoms in total. The van der Waals surface area contributed by atoms with E-state index < -0.39 is 0 Å². The van der Waals surface area contributed by atoms with Gasteiger partial charge in [-0.3, -0.25) is 10.2 Å². The highest BCUT2D eigenvalue weighted by Gasteiger charge is 2.14. The molecule has 1 fully saturated rings. The van der Waals surface area contributed by atoms with Crippen LogP contribution in [0.2, 0.25) is 0 Å². The maximum atomic E-state index is 4.17. The summed E-state index contributed by atoms with van der Waals surface area (Å²) in [6, 6.07) is 0.107. The van der Waals surface area contributed by atoms with E-state index in [4.69, 9.17) is 0 Å². The molecule has 0 aromatic carbocycles. The molecule has 3 N–H and O–H groups in total. The first-order valence-corrected chi connectivity index (χ1v) is 9.04. The number of aryl methyl sites for hydroxylation is 1. The van der Waals surface area contributed by atoms with Gasteiger partial charge in [-0.05, 0) is 44.0 Å². The molecule has 0 saturated heterocycles. The lowest BCUT2D eigenvalue weighted by Gasteiger charge is -2.19. The van der Waals surface area contributed by atoms with Crippen molar-refractivity contribution in [2.75, 3.05) is 0 Å². The van der Waals surface area contributed by atoms with Gasteiger partial charge in [0.2, 0.25) is 0 Å². The fourth-order valence-corrected chi connectivity index (χ4v) is 3.36. The summed E-state index contributed by atoms with van der Waals surface area (Å²) in [7, 11) is 0. The second kappa shape index (κ2) is 8.51. The van der Waals surface area contributed by atoms with Gasteiger partial charge in [0.1, 0.15) is 0 Å². The summed E-state index contributed by atoms with van der Waals surface area (Å²) in [5.74, 6) is 0.704. The molecule has 2 heterocycles. The molecule has 0 spiro atoms. The van der Waals surface area contributed by atoms with E-state index in [1.165, 1.54) is 37.7 Å². The van der Waals surface area contributed by atoms with E-state index in [2.05, 4.69) is 51.4 Å². The van der Waals surface area contributed by atoms with Crippen LogP contribution in [0, 0.1) is 12.8 Å². The van der Waals surface area contributed by atoms with Gasteiger partial charge in [-0.1, -0.05) is 38.0 Å². The van der Waals surface area contributed by atoms with E-state index in [1.54, 1.807) is 12.3 Å². The van der Waals surface area contributed by atoms with E-state index in [9.17, 15) is 0 Å². The minimum atomic E-state index is 0.107. The highest BCUT2D eigenvalue weighted by atomic mass is 15.1. The molecule has 2 aromatic rings. The van der Waals surface area contributed by atoms with Crippen LogP contribution in [0.5, 0.6) is 0 Å². The second-order valence-electron chi connectivity index (χ2n) is 6.65. The Kier molecular flexibility index (Phi) is 5.88. The molecular formula is C20H27N5. The van der Waals surface area contributed by atoms with E-state index in [1.807, 2.05) is 18.5 Å². The Morgan fingerprint density at radius 1 is 1.20 bits per heavy atom. The Bertz CT molecular complexity index is 731. The van der Waals surface area contributed by atoms with Crippen molar-refractivity contribution in [3.63, 3.8) is 0 Å². The average Bonchev–Trinajstić information content (AvgIpc) is 3.27. The van der Waals surface area contributed by atoms with Gasteiger partial charge in [-0.25, -0.2) is 0 Å². The highest BCUT2D eigenvalue weighted by Crippen LogP contribution is 2.26. The Labute approximate surface area is 149 Å². The van der Waals surface area contributed by atoms with Crippen LogP contribution in [0.4, 0.5) is 0 Å². The van der Waals surface area contributed by atoms with Crippen molar-refractivity contribution in [3.8, 4) is 0 Å². The first-order chi connectivity index (χ1) is 12.3. The van der Waals surface area contributed by atoms with E-state index in [-0.39, 0.29) is 6.04 Å². The van der Waals surface area contributed by atoms with Crippen LogP contribution in [0.1, 0.15) is 60.7 Å². The van der Waals surface area contributed by atoms with Crippen molar-refractivity contribution < 1.29 is 0 Å². The van der Waals surface area contributed by atoms with Gasteiger partial charge in [-0.15, -0.1) is 0 Å². The zero-order valence-electron chi connectivity index (χ0n) is 14.8. The summed E-state index contributed by atoms with van der Waals surface area (Å²) in [6.45, 7) is 5.85. The SMILES string of the molecule is C=Cc1[nH]ncc1/C=C/NC(/C=C/C1CCCCC1)c1cn[nH]c1C. The van der Waals surface area contributed by atoms with Crippen molar-refractivity contribution >= 4 is 12.2 Å². The number of aromatic nitrogens is 4. The molecule has 2 aromatic heterocycles. The van der Waals surface area contributed by atoms with Gasteiger partial charge < -0.3 is 5.32 Å². The molecule has 132 valence electrons. The molecule has 5 heteroatoms. The molecule has 1 aliphatic rings. The number of allylic oxidation sites excluding steroid dienone is 1. The molecule has 1 aliphatic carbocycles. The summed E-state index contributed by atoms with van der Waals surface area (Å²) >= 11 is 0. The predicted molar refractivity (Wildman–Crippen MR) is 103 cm³/mol. The fourth-order valence-electron chi connectivity index (χ4n) is 3.36. The second-order valence-corrected chi connectivity index (χ2v) is 6.65. The lowest BCUT2D eigenvalue weighted by atomic mass is 9.88. The van der Waals surface area contributed by atoms with Crippen molar-refractivity contribution in [1.29, 1.82) is 0 Å². The molecular weight excluding hydrogens is 310 g/mol. The van der Waals surface area contributed by atoms with Crippen LogP contribution in [0.25, 0.3) is 12.2 Å². The number of hydrogen-bond donors (Lipinski definition) is 3. The minimum absolute atomic E-state index is 0.107. The molecule has 3 rings (SSSR count). The number of rotatable bonds is 7. The van der Waals surface area contributed by atoms with Gasteiger partial charge in [-0.2, -0.15) is 10.2 Å². The van der Waals surface area contributed by atoms with Crippen molar-refractivity contribution in [3.05, 3.63) is 59.8 Å². The number of aromatic amines is 2. The van der Waals surface area contributed by atoms with Crippen molar-refractivity contribution in [2.24, 2.45) is 5.92 Å². The smallest absolute Gasteiger partial charge is 0.0726 e. The van der Waals surface area contributed by atoms with Crippen LogP contribution >= 0.6 is 0 Å². The van der Waals surface area contributed by atoms with Crippen LogP contribution < -0.4 is 5.32 Å². The first-order valence-electron chi connectivity index (χ1n) is 9.04. The fraction of sp³-hybridized carbons (Fsp3) is 0.400. The van der Waals surface area contributed by atoms with Gasteiger partial charge in [0.15, 0.2) is 0 Å². The maximum absolute atomic E-state index is 4.17. The highest BCUT2D eigenvalue weighted by molar-refractivity contribution is 5.60. The Morgan fingerprint density at radius 3 is 2.72 bits per heavy atom. The van der Waals surface area contributed by atoms with Crippen LogP contribution in [-0.4, -0.2) is 20.4 Å². The lowest BCUT2D eigenvalue weighted by molar-refractivity contribution is 0.418. The lowest BCUT2D eigenvalue weighted by Crippen LogP contribution is -2.14. The standard InChI is InChI=1S/C20H27N5/c1-3-19-17(13-22-25-19)11-12-21-20(18-14-23-24-15(18)2)10-9-16-7-5-4-6-8-16/h3,9-14,16,20-21H,1,4-8H2,2H3,(H,22,25)(H,23,24)/b10-9+,12-11+. The van der Waals surface area contributed by atoms with E-state index >= 15 is 0 Å². The summed E-state index contributed by atoms with van der Waals surface area (Å²) in [5, 5.41) is 17.7. The minimum Gasteiger partial charge on any atom is -0.380 e. The number of nitrogens with one attached hydrogen (secondary N) is 3. The number of hydrogen-bond acceptors (Lipinski definition) is 3. The Balaban J connectivity index is 1.71. The maximum Gasteiger partial charge on any atom is 0.0726 e. The topological polar surface area (TPSA) is 69.4 Å². The van der Waals surface area contributed by atoms with Gasteiger partial charge >= 0.3 is 0 Å². The van der Waals surface area contributed by atoms with Crippen molar-refractivity contribution in [1.82, 2.24) is 25.7 Å². The van der Waals surface area contributed by atoms with Gasteiger partial charge in [0.25, 0.3) is 0 Å². The normalized spacial score (nSPS) is 17.3. The number of H-pyrrole nitrogens is 2. The van der Waals surface area contributed by atoms with Crippen LogP contribution in [-0.2, 0) is 0 Å². The molecule has 0 aliphatic heterocycles. The largest absolute Gasteiger partial charge is 0.380 e. The molecule has 1 unspecified atom stereocenters. The van der Waals surface area contributed by atoms with Gasteiger partial charge in [0, 0.05) is 16.8 Å². The predicted octanol–water partition coefficient (Wildman–Crippen LogP) is 4.52. The molecule has 1 atom stereocenters. The summed E-state index contributed by atoms with van der Waals surface area (Å²) in [5.41, 5.74) is 4.20. The van der Waals surface area contributed by atoms with E-state index in [0.29, 0.717) is 5.92 Å².